The van der Waals surface area contributed by atoms with Gasteiger partial charge in [-0.3, -0.25) is 0 Å². The van der Waals surface area contributed by atoms with Crippen molar-refractivity contribution in [3.63, 3.8) is 0 Å². The van der Waals surface area contributed by atoms with Crippen molar-refractivity contribution in [2.24, 2.45) is 0 Å². The molecule has 0 saturated carbocycles. The number of halogens is 2. The van der Waals surface area contributed by atoms with Crippen molar-refractivity contribution < 1.29 is 9.47 Å². The first-order chi connectivity index (χ1) is 8.24. The highest BCUT2D eigenvalue weighted by Gasteiger charge is 2.37. The van der Waals surface area contributed by atoms with E-state index in [1.807, 2.05) is 0 Å². The summed E-state index contributed by atoms with van der Waals surface area (Å²) in [5.74, 6) is 0.497. The topological polar surface area (TPSA) is 60.4 Å². The van der Waals surface area contributed by atoms with Crippen molar-refractivity contribution in [3.05, 3.63) is 10.6 Å². The normalized spacial score (nSPS) is 28.2. The number of fused-ring (bicyclic) bond motifs is 2. The highest BCUT2D eigenvalue weighted by atomic mass is 35.5. The monoisotopic (exact) mass is 276 g/mol. The molecule has 92 valence electrons. The molecule has 1 aromatic heterocycles. The molecule has 6 nitrogen and oxygen atoms in total. The van der Waals surface area contributed by atoms with Crippen LogP contribution in [0.2, 0.25) is 10.6 Å². The van der Waals surface area contributed by atoms with Gasteiger partial charge >= 0.3 is 0 Å². The lowest BCUT2D eigenvalue weighted by Gasteiger charge is -2.45. The van der Waals surface area contributed by atoms with Crippen molar-refractivity contribution in [1.29, 1.82) is 0 Å². The molecule has 0 aromatic carbocycles. The van der Waals surface area contributed by atoms with Crippen molar-refractivity contribution in [2.75, 3.05) is 31.3 Å². The summed E-state index contributed by atoms with van der Waals surface area (Å²) in [6.07, 6.45) is 0. The quantitative estimate of drug-likeness (QED) is 0.756. The molecule has 3 heterocycles. The van der Waals surface area contributed by atoms with E-state index in [1.54, 1.807) is 0 Å². The van der Waals surface area contributed by atoms with Crippen molar-refractivity contribution >= 4 is 29.2 Å². The van der Waals surface area contributed by atoms with Gasteiger partial charge in [0.05, 0.1) is 38.5 Å². The minimum absolute atomic E-state index is 0.102. The zero-order valence-electron chi connectivity index (χ0n) is 8.84. The third kappa shape index (κ3) is 2.18. The molecule has 1 aromatic rings. The van der Waals surface area contributed by atoms with E-state index >= 15 is 0 Å². The second kappa shape index (κ2) is 4.53. The van der Waals surface area contributed by atoms with E-state index in [2.05, 4.69) is 19.9 Å². The van der Waals surface area contributed by atoms with Crippen LogP contribution in [-0.2, 0) is 9.47 Å². The van der Waals surface area contributed by atoms with Crippen molar-refractivity contribution in [1.82, 2.24) is 15.0 Å². The number of nitrogens with zero attached hydrogens (tertiary/aromatic N) is 4. The molecule has 0 atom stereocenters. The highest BCUT2D eigenvalue weighted by Crippen LogP contribution is 2.25. The molecule has 3 rings (SSSR count). The molecular formula is C9H10Cl2N4O2. The Bertz CT molecular complexity index is 391. The standard InChI is InChI=1S/C9H10Cl2N4O2/c10-7-12-8(11)14-9(13-7)15-5-1-16-3-6(15)4-17-2-5/h5-6H,1-4H2. The summed E-state index contributed by atoms with van der Waals surface area (Å²) >= 11 is 11.6. The molecule has 2 fully saturated rings. The maximum Gasteiger partial charge on any atom is 0.231 e. The van der Waals surface area contributed by atoms with Gasteiger partial charge in [-0.15, -0.1) is 0 Å². The predicted molar refractivity (Wildman–Crippen MR) is 61.5 cm³/mol. The van der Waals surface area contributed by atoms with Crippen LogP contribution in [0.25, 0.3) is 0 Å². The second-order valence-electron chi connectivity index (χ2n) is 3.96. The molecule has 2 aliphatic heterocycles. The van der Waals surface area contributed by atoms with Crippen molar-refractivity contribution in [3.8, 4) is 0 Å². The Morgan fingerprint density at radius 1 is 0.882 bits per heavy atom. The second-order valence-corrected chi connectivity index (χ2v) is 4.64. The Balaban J connectivity index is 1.96. The summed E-state index contributed by atoms with van der Waals surface area (Å²) in [5.41, 5.74) is 0. The van der Waals surface area contributed by atoms with Gasteiger partial charge < -0.3 is 14.4 Å². The van der Waals surface area contributed by atoms with E-state index in [0.29, 0.717) is 32.4 Å². The van der Waals surface area contributed by atoms with Crippen LogP contribution in [0.3, 0.4) is 0 Å². The maximum absolute atomic E-state index is 5.79. The summed E-state index contributed by atoms with van der Waals surface area (Å²) in [5, 5.41) is 0.205. The van der Waals surface area contributed by atoms with Gasteiger partial charge in [0.15, 0.2) is 0 Å². The van der Waals surface area contributed by atoms with Gasteiger partial charge in [-0.2, -0.15) is 15.0 Å². The van der Waals surface area contributed by atoms with Crippen molar-refractivity contribution in [2.45, 2.75) is 12.1 Å². The number of hydrogen-bond donors (Lipinski definition) is 0. The van der Waals surface area contributed by atoms with E-state index in [1.165, 1.54) is 0 Å². The van der Waals surface area contributed by atoms with Gasteiger partial charge in [-0.05, 0) is 23.2 Å². The average molecular weight is 277 g/mol. The molecule has 2 saturated heterocycles. The Morgan fingerprint density at radius 2 is 1.35 bits per heavy atom. The zero-order chi connectivity index (χ0) is 11.8. The van der Waals surface area contributed by atoms with Gasteiger partial charge in [0.25, 0.3) is 0 Å². The number of rotatable bonds is 1. The maximum atomic E-state index is 5.79. The third-order valence-corrected chi connectivity index (χ3v) is 3.17. The van der Waals surface area contributed by atoms with E-state index < -0.39 is 0 Å². The number of hydrogen-bond acceptors (Lipinski definition) is 6. The molecule has 0 unspecified atom stereocenters. The molecular weight excluding hydrogens is 267 g/mol. The lowest BCUT2D eigenvalue weighted by Crippen LogP contribution is -2.60. The molecule has 2 bridgehead atoms. The molecule has 0 amide bonds. The molecule has 17 heavy (non-hydrogen) atoms. The van der Waals surface area contributed by atoms with Gasteiger partial charge in [0, 0.05) is 0 Å². The first-order valence-electron chi connectivity index (χ1n) is 5.25. The fourth-order valence-electron chi connectivity index (χ4n) is 2.15. The highest BCUT2D eigenvalue weighted by molar-refractivity contribution is 6.31. The van der Waals surface area contributed by atoms with Gasteiger partial charge in [-0.25, -0.2) is 0 Å². The number of aromatic nitrogens is 3. The summed E-state index contributed by atoms with van der Waals surface area (Å²) < 4.78 is 11.0. The first kappa shape index (κ1) is 11.4. The largest absolute Gasteiger partial charge is 0.377 e. The fraction of sp³-hybridized carbons (Fsp3) is 0.667. The Kier molecular flexibility index (Phi) is 3.04. The van der Waals surface area contributed by atoms with Crippen LogP contribution in [0.4, 0.5) is 5.95 Å². The van der Waals surface area contributed by atoms with Gasteiger partial charge in [0.2, 0.25) is 16.5 Å². The smallest absolute Gasteiger partial charge is 0.231 e. The van der Waals surface area contributed by atoms with Gasteiger partial charge in [-0.1, -0.05) is 0 Å². The first-order valence-corrected chi connectivity index (χ1v) is 6.00. The SMILES string of the molecule is Clc1nc(Cl)nc(N2C3COCC2COC3)n1. The van der Waals surface area contributed by atoms with E-state index in [0.717, 1.165) is 0 Å². The lowest BCUT2D eigenvalue weighted by atomic mass is 10.1. The summed E-state index contributed by atoms with van der Waals surface area (Å²) in [6.45, 7) is 2.38. The van der Waals surface area contributed by atoms with Crippen LogP contribution in [0, 0.1) is 0 Å². The summed E-state index contributed by atoms with van der Waals surface area (Å²) in [6, 6.07) is 0.217. The van der Waals surface area contributed by atoms with Crippen LogP contribution < -0.4 is 4.90 Å². The minimum atomic E-state index is 0.102. The molecule has 0 spiro atoms. The van der Waals surface area contributed by atoms with E-state index in [-0.39, 0.29) is 22.7 Å². The molecule has 0 radical (unpaired) electrons. The Morgan fingerprint density at radius 3 is 1.82 bits per heavy atom. The molecule has 0 aliphatic carbocycles. The van der Waals surface area contributed by atoms with Crippen LogP contribution in [0.5, 0.6) is 0 Å². The molecule has 0 N–H and O–H groups in total. The Labute approximate surface area is 108 Å². The molecule has 8 heteroatoms. The van der Waals surface area contributed by atoms with Crippen LogP contribution in [0.1, 0.15) is 0 Å². The number of morpholine rings is 2. The lowest BCUT2D eigenvalue weighted by molar-refractivity contribution is -0.0355. The molecule has 2 aliphatic rings. The summed E-state index contributed by atoms with van der Waals surface area (Å²) in [7, 11) is 0. The third-order valence-electron chi connectivity index (χ3n) is 2.83. The minimum Gasteiger partial charge on any atom is -0.377 e. The van der Waals surface area contributed by atoms with Crippen LogP contribution in [-0.4, -0.2) is 53.5 Å². The Hall–Kier alpha value is -0.690. The predicted octanol–water partition coefficient (Wildman–Crippen LogP) is 0.782. The zero-order valence-corrected chi connectivity index (χ0v) is 10.4. The van der Waals surface area contributed by atoms with Crippen LogP contribution in [0.15, 0.2) is 0 Å². The van der Waals surface area contributed by atoms with Gasteiger partial charge in [0.1, 0.15) is 0 Å². The van der Waals surface area contributed by atoms with E-state index in [4.69, 9.17) is 32.7 Å². The van der Waals surface area contributed by atoms with Crippen LogP contribution >= 0.6 is 23.2 Å². The number of ether oxygens (including phenoxy) is 2. The fourth-order valence-corrected chi connectivity index (χ4v) is 2.51. The number of anilines is 1. The van der Waals surface area contributed by atoms with E-state index in [9.17, 15) is 0 Å². The average Bonchev–Trinajstić information content (AvgIpc) is 2.26. The summed E-state index contributed by atoms with van der Waals surface area (Å²) in [4.78, 5) is 14.0.